The maximum Gasteiger partial charge on any atom is 0.353 e. The molecule has 0 saturated carbocycles. The third-order valence-electron chi connectivity index (χ3n) is 4.42. The third-order valence-corrected chi connectivity index (χ3v) is 9.56. The van der Waals surface area contributed by atoms with Gasteiger partial charge in [-0.15, -0.1) is 27.1 Å². The van der Waals surface area contributed by atoms with Crippen molar-refractivity contribution in [1.29, 1.82) is 0 Å². The highest BCUT2D eigenvalue weighted by Crippen LogP contribution is 2.56. The largest absolute Gasteiger partial charge is 0.477 e. The van der Waals surface area contributed by atoms with Gasteiger partial charge in [-0.05, 0) is 36.0 Å². The number of fused-ring (bicyclic) bond motifs is 1. The highest BCUT2D eigenvalue weighted by molar-refractivity contribution is 8.08. The van der Waals surface area contributed by atoms with Crippen LogP contribution in [0.5, 0.6) is 0 Å². The number of amides is 2. The van der Waals surface area contributed by atoms with Crippen molar-refractivity contribution in [2.45, 2.75) is 52.3 Å². The first-order valence-electron chi connectivity index (χ1n) is 8.89. The molecule has 31 heavy (non-hydrogen) atoms. The van der Waals surface area contributed by atoms with Crippen LogP contribution in [0.25, 0.3) is 0 Å². The van der Waals surface area contributed by atoms with Crippen molar-refractivity contribution < 1.29 is 19.5 Å². The summed E-state index contributed by atoms with van der Waals surface area (Å²) >= 11 is 4.86. The van der Waals surface area contributed by atoms with Gasteiger partial charge in [-0.25, -0.2) is 9.48 Å². The number of tetrazole rings is 1. The number of β-lactam (4-membered cyclic amide) rings is 1. The fraction of sp³-hybridized carbons (Fsp3) is 0.467. The Morgan fingerprint density at radius 1 is 1.39 bits per heavy atom. The topological polar surface area (TPSA) is 156 Å². The smallest absolute Gasteiger partial charge is 0.353 e. The van der Waals surface area contributed by atoms with E-state index in [4.69, 9.17) is 0 Å². The molecule has 16 heteroatoms. The molecule has 164 valence electrons. The summed E-state index contributed by atoms with van der Waals surface area (Å²) in [6.45, 7) is 5.40. The van der Waals surface area contributed by atoms with Crippen molar-refractivity contribution in [2.75, 3.05) is 0 Å². The van der Waals surface area contributed by atoms with Crippen LogP contribution in [0.15, 0.2) is 25.6 Å². The first-order chi connectivity index (χ1) is 14.7. The van der Waals surface area contributed by atoms with E-state index in [0.717, 1.165) is 11.8 Å². The monoisotopic (exact) mass is 500 g/mol. The Hall–Kier alpha value is -2.17. The molecule has 2 N–H and O–H groups in total. The molecule has 2 amide bonds. The maximum absolute atomic E-state index is 12.9. The summed E-state index contributed by atoms with van der Waals surface area (Å²) in [7, 11) is 0. The average molecular weight is 501 g/mol. The lowest BCUT2D eigenvalue weighted by molar-refractivity contribution is -0.145. The van der Waals surface area contributed by atoms with Gasteiger partial charge in [-0.3, -0.25) is 14.5 Å². The van der Waals surface area contributed by atoms with Crippen LogP contribution < -0.4 is 5.32 Å². The predicted octanol–water partition coefficient (Wildman–Crippen LogP) is 0.861. The van der Waals surface area contributed by atoms with Crippen LogP contribution in [0.4, 0.5) is 0 Å². The number of hydrogen-bond acceptors (Lipinski definition) is 12. The zero-order valence-corrected chi connectivity index (χ0v) is 19.6. The van der Waals surface area contributed by atoms with E-state index >= 15 is 0 Å². The molecule has 1 saturated heterocycles. The summed E-state index contributed by atoms with van der Waals surface area (Å²) in [4.78, 5) is 37.7. The number of hydrogen-bond donors (Lipinski definition) is 2. The van der Waals surface area contributed by atoms with Crippen LogP contribution in [-0.2, 0) is 20.9 Å². The van der Waals surface area contributed by atoms with Crippen molar-refractivity contribution >= 4 is 64.4 Å². The fourth-order valence-corrected chi connectivity index (χ4v) is 7.99. The lowest BCUT2D eigenvalue weighted by Crippen LogP contribution is -2.67. The molecule has 4 heterocycles. The summed E-state index contributed by atoms with van der Waals surface area (Å²) < 4.78 is 2.12. The van der Waals surface area contributed by atoms with E-state index in [0.29, 0.717) is 16.0 Å². The molecule has 4 rings (SSSR count). The molecule has 2 aromatic rings. The predicted molar refractivity (Wildman–Crippen MR) is 114 cm³/mol. The van der Waals surface area contributed by atoms with E-state index in [2.05, 4.69) is 31.0 Å². The molecule has 2 aliphatic heterocycles. The minimum Gasteiger partial charge on any atom is -0.477 e. The van der Waals surface area contributed by atoms with Crippen molar-refractivity contribution in [3.63, 3.8) is 0 Å². The molecule has 2 aliphatic rings. The van der Waals surface area contributed by atoms with Crippen LogP contribution in [0.1, 0.15) is 20.8 Å². The molecule has 0 radical (unpaired) electrons. The molecule has 2 unspecified atom stereocenters. The zero-order valence-electron chi connectivity index (χ0n) is 16.4. The minimum atomic E-state index is -1.27. The molecule has 0 aromatic carbocycles. The number of carboxylic acid groups (broad SMARTS) is 1. The lowest BCUT2D eigenvalue weighted by Gasteiger charge is -2.53. The van der Waals surface area contributed by atoms with Gasteiger partial charge in [0.05, 0.1) is 4.91 Å². The Balaban J connectivity index is 1.77. The van der Waals surface area contributed by atoms with Gasteiger partial charge in [0, 0.05) is 13.5 Å². The van der Waals surface area contributed by atoms with E-state index in [-0.39, 0.29) is 22.4 Å². The number of nitrogens with zero attached hydrogens (tertiary/aromatic N) is 7. The number of rotatable bonds is 7. The number of aromatic nitrogens is 6. The first kappa shape index (κ1) is 22.0. The standard InChI is InChI=1S/C15H16N8O4S4/c1-4-22-13(18-20-21-22)30-9-7(12(26)27)23-10(25)8(29-14-19-16-5-28-14)11(23)31-15(9,3)17-6(2)24/h5,8,11H,4H2,1-3H3,(H,17,24)(H,26,27)/t8?,11-,15?/m1/s1. The molecule has 0 bridgehead atoms. The van der Waals surface area contributed by atoms with Crippen molar-refractivity contribution in [3.05, 3.63) is 16.1 Å². The SMILES string of the molecule is CCn1nnnc1SC1=C(C(=O)O)N2C(=O)C(Sc3nncs3)[C@H]2SC1(C)NC(C)=O. The molecule has 2 aromatic heterocycles. The lowest BCUT2D eigenvalue weighted by atomic mass is 10.1. The molecule has 0 aliphatic carbocycles. The van der Waals surface area contributed by atoms with Gasteiger partial charge in [-0.2, -0.15) is 0 Å². The second-order valence-corrected chi connectivity index (χ2v) is 11.3. The highest BCUT2D eigenvalue weighted by atomic mass is 32.2. The second kappa shape index (κ2) is 8.40. The second-order valence-electron chi connectivity index (χ2n) is 6.54. The van der Waals surface area contributed by atoms with Gasteiger partial charge >= 0.3 is 5.97 Å². The molecule has 3 atom stereocenters. The number of nitrogens with one attached hydrogen (secondary N) is 1. The maximum atomic E-state index is 12.9. The number of aryl methyl sites for hydroxylation is 1. The molecule has 0 spiro atoms. The van der Waals surface area contributed by atoms with Gasteiger partial charge in [0.1, 0.15) is 26.7 Å². The Kier molecular flexibility index (Phi) is 5.97. The summed E-state index contributed by atoms with van der Waals surface area (Å²) in [6.07, 6.45) is 0. The number of thioether (sulfide) groups is 3. The van der Waals surface area contributed by atoms with Gasteiger partial charge in [0.25, 0.3) is 0 Å². The Morgan fingerprint density at radius 3 is 2.77 bits per heavy atom. The molecular formula is C15H16N8O4S4. The molecule has 1 fully saturated rings. The van der Waals surface area contributed by atoms with E-state index in [1.165, 1.54) is 51.4 Å². The summed E-state index contributed by atoms with van der Waals surface area (Å²) in [5.74, 6) is -1.94. The minimum absolute atomic E-state index is 0.185. The van der Waals surface area contributed by atoms with Gasteiger partial charge in [0.2, 0.25) is 17.0 Å². The number of carbonyl (C=O) groups excluding carboxylic acids is 2. The average Bonchev–Trinajstić information content (AvgIpc) is 3.38. The third kappa shape index (κ3) is 3.92. The zero-order chi connectivity index (χ0) is 22.3. The summed E-state index contributed by atoms with van der Waals surface area (Å²) in [6, 6.07) is 0. The fourth-order valence-electron chi connectivity index (χ4n) is 3.18. The van der Waals surface area contributed by atoms with Crippen LogP contribution >= 0.6 is 46.6 Å². The summed E-state index contributed by atoms with van der Waals surface area (Å²) in [5, 5.41) is 31.4. The number of carbonyl (C=O) groups is 3. The van der Waals surface area contributed by atoms with Crippen molar-refractivity contribution in [3.8, 4) is 0 Å². The van der Waals surface area contributed by atoms with E-state index in [1.54, 1.807) is 12.4 Å². The van der Waals surface area contributed by atoms with E-state index in [9.17, 15) is 19.5 Å². The molecule has 12 nitrogen and oxygen atoms in total. The van der Waals surface area contributed by atoms with Crippen molar-refractivity contribution in [1.82, 2.24) is 40.6 Å². The Labute approximate surface area is 192 Å². The van der Waals surface area contributed by atoms with Crippen molar-refractivity contribution in [2.24, 2.45) is 0 Å². The number of carboxylic acids is 1. The normalized spacial score (nSPS) is 25.3. The quantitative estimate of drug-likeness (QED) is 0.518. The van der Waals surface area contributed by atoms with E-state index in [1.807, 2.05) is 6.92 Å². The van der Waals surface area contributed by atoms with Gasteiger partial charge in [0.15, 0.2) is 4.34 Å². The van der Waals surface area contributed by atoms with Crippen LogP contribution in [-0.4, -0.2) is 73.7 Å². The highest BCUT2D eigenvalue weighted by Gasteiger charge is 2.60. The van der Waals surface area contributed by atoms with Crippen LogP contribution in [0, 0.1) is 0 Å². The van der Waals surface area contributed by atoms with Gasteiger partial charge in [-0.1, -0.05) is 23.1 Å². The van der Waals surface area contributed by atoms with Gasteiger partial charge < -0.3 is 10.4 Å². The van der Waals surface area contributed by atoms with Crippen LogP contribution in [0.2, 0.25) is 0 Å². The summed E-state index contributed by atoms with van der Waals surface area (Å²) in [5.41, 5.74) is 1.38. The van der Waals surface area contributed by atoms with Crippen LogP contribution in [0.3, 0.4) is 0 Å². The Morgan fingerprint density at radius 2 is 2.16 bits per heavy atom. The molecular weight excluding hydrogens is 484 g/mol. The first-order valence-corrected chi connectivity index (χ1v) is 12.3. The Bertz CT molecular complexity index is 1070. The van der Waals surface area contributed by atoms with E-state index < -0.39 is 21.5 Å². The number of aliphatic carboxylic acids is 1.